The lowest BCUT2D eigenvalue weighted by atomic mass is 10.2. The number of hydrogen-bond donors (Lipinski definition) is 2. The Bertz CT molecular complexity index is 669. The number of ether oxygens (including phenoxy) is 2. The summed E-state index contributed by atoms with van der Waals surface area (Å²) in [5.74, 6) is 1.34. The molecule has 9 heteroatoms. The average Bonchev–Trinajstić information content (AvgIpc) is 2.99. The van der Waals surface area contributed by atoms with Crippen molar-refractivity contribution >= 4 is 39.8 Å². The van der Waals surface area contributed by atoms with Crippen molar-refractivity contribution in [1.82, 2.24) is 10.2 Å². The number of benzene rings is 1. The second kappa shape index (κ2) is 8.74. The van der Waals surface area contributed by atoms with Crippen LogP contribution < -0.4 is 20.1 Å². The first-order chi connectivity index (χ1) is 11.5. The summed E-state index contributed by atoms with van der Waals surface area (Å²) in [5, 5.41) is 14.8. The molecule has 0 bridgehead atoms. The molecule has 0 aliphatic rings. The van der Waals surface area contributed by atoms with Crippen molar-refractivity contribution in [3.8, 4) is 11.5 Å². The fourth-order valence-electron chi connectivity index (χ4n) is 1.78. The van der Waals surface area contributed by atoms with Gasteiger partial charge in [-0.25, -0.2) is 0 Å². The first-order valence-corrected chi connectivity index (χ1v) is 9.06. The zero-order valence-corrected chi connectivity index (χ0v) is 15.6. The van der Waals surface area contributed by atoms with Crippen LogP contribution in [0.3, 0.4) is 0 Å². The molecule has 2 aromatic rings. The van der Waals surface area contributed by atoms with Gasteiger partial charge in [0.25, 0.3) is 0 Å². The first kappa shape index (κ1) is 18.3. The second-order valence-corrected chi connectivity index (χ2v) is 7.31. The van der Waals surface area contributed by atoms with Gasteiger partial charge in [0.2, 0.25) is 11.0 Å². The Balaban J connectivity index is 1.90. The largest absolute Gasteiger partial charge is 0.497 e. The summed E-state index contributed by atoms with van der Waals surface area (Å²) in [6.45, 7) is 4.06. The van der Waals surface area contributed by atoms with E-state index in [9.17, 15) is 4.79 Å². The van der Waals surface area contributed by atoms with Crippen LogP contribution in [0.25, 0.3) is 0 Å². The van der Waals surface area contributed by atoms with Crippen LogP contribution in [0.5, 0.6) is 11.5 Å². The smallest absolute Gasteiger partial charge is 0.234 e. The zero-order chi connectivity index (χ0) is 17.5. The van der Waals surface area contributed by atoms with Crippen LogP contribution in [0.1, 0.15) is 13.8 Å². The van der Waals surface area contributed by atoms with E-state index in [1.54, 1.807) is 32.4 Å². The van der Waals surface area contributed by atoms with Gasteiger partial charge in [0, 0.05) is 29.9 Å². The number of anilines is 2. The molecule has 0 atom stereocenters. The number of nitrogens with zero attached hydrogens (tertiary/aromatic N) is 2. The standard InChI is InChI=1S/C15H20N4O3S2/c1-9(2)16-14-18-19-15(24-14)23-8-13(20)17-10-5-11(21-3)7-12(6-10)22-4/h5-7,9H,8H2,1-4H3,(H,16,18)(H,17,20). The molecule has 0 spiro atoms. The third kappa shape index (κ3) is 5.57. The SMILES string of the molecule is COc1cc(NC(=O)CSc2nnc(NC(C)C)s2)cc(OC)c1. The van der Waals surface area contributed by atoms with Gasteiger partial charge in [0.05, 0.1) is 20.0 Å². The quantitative estimate of drug-likeness (QED) is 0.693. The number of carbonyl (C=O) groups excluding carboxylic acids is 1. The van der Waals surface area contributed by atoms with Crippen molar-refractivity contribution < 1.29 is 14.3 Å². The Morgan fingerprint density at radius 3 is 2.46 bits per heavy atom. The number of aromatic nitrogens is 2. The van der Waals surface area contributed by atoms with Crippen molar-refractivity contribution in [3.05, 3.63) is 18.2 Å². The molecule has 0 unspecified atom stereocenters. The highest BCUT2D eigenvalue weighted by atomic mass is 32.2. The minimum absolute atomic E-state index is 0.135. The van der Waals surface area contributed by atoms with Gasteiger partial charge < -0.3 is 20.1 Å². The van der Waals surface area contributed by atoms with E-state index < -0.39 is 0 Å². The molecule has 130 valence electrons. The number of hydrogen-bond acceptors (Lipinski definition) is 8. The minimum atomic E-state index is -0.135. The lowest BCUT2D eigenvalue weighted by molar-refractivity contribution is -0.113. The molecular formula is C15H20N4O3S2. The summed E-state index contributed by atoms with van der Waals surface area (Å²) in [7, 11) is 3.13. The van der Waals surface area contributed by atoms with Crippen molar-refractivity contribution in [2.24, 2.45) is 0 Å². The molecule has 0 saturated heterocycles. The average molecular weight is 368 g/mol. The van der Waals surface area contributed by atoms with Gasteiger partial charge in [-0.2, -0.15) is 0 Å². The number of rotatable bonds is 8. The highest BCUT2D eigenvalue weighted by Crippen LogP contribution is 2.28. The molecule has 1 heterocycles. The Hall–Kier alpha value is -2.00. The second-order valence-electron chi connectivity index (χ2n) is 5.11. The zero-order valence-electron chi connectivity index (χ0n) is 14.0. The molecule has 0 aliphatic heterocycles. The van der Waals surface area contributed by atoms with Crippen LogP contribution in [-0.4, -0.2) is 42.1 Å². The lowest BCUT2D eigenvalue weighted by Crippen LogP contribution is -2.14. The monoisotopic (exact) mass is 368 g/mol. The topological polar surface area (TPSA) is 85.4 Å². The van der Waals surface area contributed by atoms with E-state index in [0.29, 0.717) is 23.2 Å². The molecule has 2 N–H and O–H groups in total. The van der Waals surface area contributed by atoms with Crippen molar-refractivity contribution in [2.45, 2.75) is 24.2 Å². The molecule has 0 radical (unpaired) electrons. The number of nitrogens with one attached hydrogen (secondary N) is 2. The Morgan fingerprint density at radius 2 is 1.88 bits per heavy atom. The third-order valence-electron chi connectivity index (χ3n) is 2.78. The van der Waals surface area contributed by atoms with Gasteiger partial charge >= 0.3 is 0 Å². The Morgan fingerprint density at radius 1 is 1.21 bits per heavy atom. The van der Waals surface area contributed by atoms with E-state index in [-0.39, 0.29) is 11.7 Å². The maximum absolute atomic E-state index is 12.1. The molecule has 1 aromatic heterocycles. The fraction of sp³-hybridized carbons (Fsp3) is 0.400. The highest BCUT2D eigenvalue weighted by Gasteiger charge is 2.10. The number of amides is 1. The fourth-order valence-corrected chi connectivity index (χ4v) is 3.48. The van der Waals surface area contributed by atoms with E-state index in [1.165, 1.54) is 23.1 Å². The highest BCUT2D eigenvalue weighted by molar-refractivity contribution is 8.01. The van der Waals surface area contributed by atoms with Crippen molar-refractivity contribution in [3.63, 3.8) is 0 Å². The van der Waals surface area contributed by atoms with Crippen LogP contribution in [0, 0.1) is 0 Å². The van der Waals surface area contributed by atoms with Gasteiger partial charge in [0.15, 0.2) is 4.34 Å². The Labute approximate surface area is 149 Å². The maximum Gasteiger partial charge on any atom is 0.234 e. The van der Waals surface area contributed by atoms with Crippen LogP contribution >= 0.6 is 23.1 Å². The molecule has 0 aliphatic carbocycles. The molecular weight excluding hydrogens is 348 g/mol. The number of thioether (sulfide) groups is 1. The number of carbonyl (C=O) groups is 1. The number of methoxy groups -OCH3 is 2. The molecule has 0 saturated carbocycles. The summed E-state index contributed by atoms with van der Waals surface area (Å²) >= 11 is 2.78. The van der Waals surface area contributed by atoms with Gasteiger partial charge in [-0.15, -0.1) is 10.2 Å². The molecule has 24 heavy (non-hydrogen) atoms. The van der Waals surface area contributed by atoms with Crippen LogP contribution in [0.2, 0.25) is 0 Å². The summed E-state index contributed by atoms with van der Waals surface area (Å²) in [6.07, 6.45) is 0. The summed E-state index contributed by atoms with van der Waals surface area (Å²) in [4.78, 5) is 12.1. The van der Waals surface area contributed by atoms with E-state index in [2.05, 4.69) is 20.8 Å². The predicted octanol–water partition coefficient (Wildman–Crippen LogP) is 3.11. The molecule has 1 aromatic carbocycles. The summed E-state index contributed by atoms with van der Waals surface area (Å²) < 4.78 is 11.1. The normalized spacial score (nSPS) is 10.5. The van der Waals surface area contributed by atoms with E-state index in [1.807, 2.05) is 13.8 Å². The van der Waals surface area contributed by atoms with Gasteiger partial charge in [-0.05, 0) is 13.8 Å². The predicted molar refractivity (Wildman–Crippen MR) is 97.6 cm³/mol. The Kier molecular flexibility index (Phi) is 6.68. The summed E-state index contributed by atoms with van der Waals surface area (Å²) in [5.41, 5.74) is 0.622. The lowest BCUT2D eigenvalue weighted by Gasteiger charge is -2.09. The molecule has 0 fully saturated rings. The maximum atomic E-state index is 12.1. The summed E-state index contributed by atoms with van der Waals surface area (Å²) in [6, 6.07) is 5.51. The van der Waals surface area contributed by atoms with E-state index in [4.69, 9.17) is 9.47 Å². The van der Waals surface area contributed by atoms with E-state index >= 15 is 0 Å². The molecule has 1 amide bonds. The van der Waals surface area contributed by atoms with Crippen LogP contribution in [0.4, 0.5) is 10.8 Å². The van der Waals surface area contributed by atoms with Gasteiger partial charge in [0.1, 0.15) is 11.5 Å². The molecule has 2 rings (SSSR count). The van der Waals surface area contributed by atoms with E-state index in [0.717, 1.165) is 9.47 Å². The minimum Gasteiger partial charge on any atom is -0.497 e. The molecule has 7 nitrogen and oxygen atoms in total. The van der Waals surface area contributed by atoms with Crippen molar-refractivity contribution in [1.29, 1.82) is 0 Å². The van der Waals surface area contributed by atoms with Crippen LogP contribution in [0.15, 0.2) is 22.5 Å². The van der Waals surface area contributed by atoms with Gasteiger partial charge in [-0.3, -0.25) is 4.79 Å². The first-order valence-electron chi connectivity index (χ1n) is 7.26. The van der Waals surface area contributed by atoms with Crippen molar-refractivity contribution in [2.75, 3.05) is 30.6 Å². The van der Waals surface area contributed by atoms with Crippen LogP contribution in [-0.2, 0) is 4.79 Å². The van der Waals surface area contributed by atoms with Gasteiger partial charge in [-0.1, -0.05) is 23.1 Å². The third-order valence-corrected chi connectivity index (χ3v) is 4.77.